The fraction of sp³-hybridized carbons (Fsp3) is 0.394. The van der Waals surface area contributed by atoms with Gasteiger partial charge < -0.3 is 15.0 Å². The highest BCUT2D eigenvalue weighted by molar-refractivity contribution is 7.92. The van der Waals surface area contributed by atoms with E-state index >= 15 is 0 Å². The van der Waals surface area contributed by atoms with Crippen LogP contribution in [-0.4, -0.2) is 50.4 Å². The molecule has 2 amide bonds. The first kappa shape index (κ1) is 32.0. The molecule has 1 atom stereocenters. The maximum atomic E-state index is 14.2. The van der Waals surface area contributed by atoms with Crippen molar-refractivity contribution in [3.8, 4) is 5.75 Å². The van der Waals surface area contributed by atoms with Crippen molar-refractivity contribution >= 4 is 27.5 Å². The molecular formula is C33H40FN3O5S. The number of benzene rings is 3. The van der Waals surface area contributed by atoms with Gasteiger partial charge in [-0.1, -0.05) is 56.5 Å². The number of hydrogen-bond acceptors (Lipinski definition) is 5. The molecule has 1 saturated carbocycles. The van der Waals surface area contributed by atoms with Crippen molar-refractivity contribution in [2.24, 2.45) is 0 Å². The lowest BCUT2D eigenvalue weighted by atomic mass is 9.95. The van der Waals surface area contributed by atoms with Crippen molar-refractivity contribution in [2.75, 3.05) is 17.5 Å². The molecule has 0 spiro atoms. The first-order valence-corrected chi connectivity index (χ1v) is 16.3. The molecule has 3 aromatic rings. The van der Waals surface area contributed by atoms with Crippen LogP contribution in [0.5, 0.6) is 5.75 Å². The van der Waals surface area contributed by atoms with Crippen molar-refractivity contribution in [3.05, 3.63) is 90.2 Å². The van der Waals surface area contributed by atoms with Crippen LogP contribution in [0.4, 0.5) is 10.1 Å². The maximum Gasteiger partial charge on any atom is 0.264 e. The topological polar surface area (TPSA) is 96.0 Å². The summed E-state index contributed by atoms with van der Waals surface area (Å²) in [5.74, 6) is -0.805. The highest BCUT2D eigenvalue weighted by Crippen LogP contribution is 2.27. The van der Waals surface area contributed by atoms with Gasteiger partial charge in [0.25, 0.3) is 10.0 Å². The van der Waals surface area contributed by atoms with Crippen LogP contribution in [-0.2, 0) is 26.2 Å². The van der Waals surface area contributed by atoms with Crippen molar-refractivity contribution in [1.82, 2.24) is 10.2 Å². The first-order valence-electron chi connectivity index (χ1n) is 14.9. The van der Waals surface area contributed by atoms with E-state index in [4.69, 9.17) is 4.74 Å². The van der Waals surface area contributed by atoms with E-state index in [0.717, 1.165) is 54.1 Å². The third-order valence-corrected chi connectivity index (χ3v) is 9.44. The molecule has 0 heterocycles. The van der Waals surface area contributed by atoms with Gasteiger partial charge in [-0.2, -0.15) is 0 Å². The number of amides is 2. The summed E-state index contributed by atoms with van der Waals surface area (Å²) in [6, 6.07) is 19.4. The van der Waals surface area contributed by atoms with E-state index in [0.29, 0.717) is 18.8 Å². The number of sulfonamides is 1. The van der Waals surface area contributed by atoms with Crippen molar-refractivity contribution in [2.45, 2.75) is 75.9 Å². The Kier molecular flexibility index (Phi) is 11.2. The Morgan fingerprint density at radius 1 is 0.930 bits per heavy atom. The zero-order valence-corrected chi connectivity index (χ0v) is 25.6. The summed E-state index contributed by atoms with van der Waals surface area (Å²) >= 11 is 0. The Hall–Kier alpha value is -3.92. The molecule has 1 unspecified atom stereocenters. The Morgan fingerprint density at radius 2 is 1.58 bits per heavy atom. The number of anilines is 1. The molecule has 10 heteroatoms. The standard InChI is InChI=1S/C33H40FN3O5S/c1-3-31(33(39)35-27-13-9-6-10-14-27)36(23-25-11-7-5-8-12-25)32(38)24-37(28-17-19-29(20-18-28)42-4-2)43(40,41)30-21-15-26(34)16-22-30/h5,7-8,11-12,15-22,27,31H,3-4,6,9-10,13-14,23-24H2,1-2H3,(H,35,39). The van der Waals surface area contributed by atoms with E-state index in [1.807, 2.05) is 44.2 Å². The first-order chi connectivity index (χ1) is 20.7. The van der Waals surface area contributed by atoms with Crippen LogP contribution in [0.2, 0.25) is 0 Å². The van der Waals surface area contributed by atoms with Gasteiger partial charge in [0.1, 0.15) is 24.2 Å². The van der Waals surface area contributed by atoms with E-state index in [1.54, 1.807) is 24.3 Å². The predicted molar refractivity (Wildman–Crippen MR) is 165 cm³/mol. The van der Waals surface area contributed by atoms with Gasteiger partial charge in [0.2, 0.25) is 11.8 Å². The number of carbonyl (C=O) groups excluding carboxylic acids is 2. The van der Waals surface area contributed by atoms with Crippen molar-refractivity contribution in [1.29, 1.82) is 0 Å². The lowest BCUT2D eigenvalue weighted by Gasteiger charge is -2.34. The van der Waals surface area contributed by atoms with Crippen LogP contribution in [0.3, 0.4) is 0 Å². The lowest BCUT2D eigenvalue weighted by Crippen LogP contribution is -2.54. The second kappa shape index (κ2) is 15.0. The maximum absolute atomic E-state index is 14.2. The third-order valence-electron chi connectivity index (χ3n) is 7.65. The molecule has 1 aliphatic rings. The Balaban J connectivity index is 1.69. The van der Waals surface area contributed by atoms with E-state index in [9.17, 15) is 22.4 Å². The summed E-state index contributed by atoms with van der Waals surface area (Å²) in [5.41, 5.74) is 1.05. The molecule has 0 aliphatic heterocycles. The number of ether oxygens (including phenoxy) is 1. The van der Waals surface area contributed by atoms with Crippen molar-refractivity contribution in [3.63, 3.8) is 0 Å². The molecule has 4 rings (SSSR count). The minimum atomic E-state index is -4.30. The monoisotopic (exact) mass is 609 g/mol. The molecule has 3 aromatic carbocycles. The Labute approximate surface area is 253 Å². The van der Waals surface area contributed by atoms with Gasteiger partial charge >= 0.3 is 0 Å². The minimum Gasteiger partial charge on any atom is -0.494 e. The van der Waals surface area contributed by atoms with Crippen LogP contribution >= 0.6 is 0 Å². The van der Waals surface area contributed by atoms with Gasteiger partial charge in [0.05, 0.1) is 17.2 Å². The van der Waals surface area contributed by atoms with Crippen LogP contribution in [0, 0.1) is 5.82 Å². The summed E-state index contributed by atoms with van der Waals surface area (Å²) in [6.45, 7) is 3.69. The molecule has 1 aliphatic carbocycles. The highest BCUT2D eigenvalue weighted by atomic mass is 32.2. The molecule has 0 saturated heterocycles. The second-order valence-electron chi connectivity index (χ2n) is 10.7. The molecule has 8 nitrogen and oxygen atoms in total. The number of nitrogens with one attached hydrogen (secondary N) is 1. The normalized spacial score (nSPS) is 14.5. The summed E-state index contributed by atoms with van der Waals surface area (Å²) in [7, 11) is -4.30. The highest BCUT2D eigenvalue weighted by Gasteiger charge is 2.34. The summed E-state index contributed by atoms with van der Waals surface area (Å²) in [6.07, 6.45) is 5.39. The fourth-order valence-electron chi connectivity index (χ4n) is 5.38. The molecule has 1 fully saturated rings. The molecule has 0 aromatic heterocycles. The van der Waals surface area contributed by atoms with Crippen LogP contribution in [0.1, 0.15) is 57.9 Å². The number of nitrogens with zero attached hydrogens (tertiary/aromatic N) is 2. The molecule has 43 heavy (non-hydrogen) atoms. The molecule has 0 bridgehead atoms. The van der Waals surface area contributed by atoms with Gasteiger partial charge in [-0.05, 0) is 80.3 Å². The summed E-state index contributed by atoms with van der Waals surface area (Å²) in [5, 5.41) is 3.14. The lowest BCUT2D eigenvalue weighted by molar-refractivity contribution is -0.140. The van der Waals surface area contributed by atoms with E-state index in [2.05, 4.69) is 5.32 Å². The number of carbonyl (C=O) groups is 2. The average molecular weight is 610 g/mol. The second-order valence-corrected chi connectivity index (χ2v) is 12.5. The third kappa shape index (κ3) is 8.34. The predicted octanol–water partition coefficient (Wildman–Crippen LogP) is 5.68. The molecular weight excluding hydrogens is 569 g/mol. The summed E-state index contributed by atoms with van der Waals surface area (Å²) < 4.78 is 48.1. The van der Waals surface area contributed by atoms with E-state index < -0.39 is 34.3 Å². The summed E-state index contributed by atoms with van der Waals surface area (Å²) in [4.78, 5) is 29.1. The number of halogens is 1. The van der Waals surface area contributed by atoms with Gasteiger partial charge in [0.15, 0.2) is 0 Å². The SMILES string of the molecule is CCOc1ccc(N(CC(=O)N(Cc2ccccc2)C(CC)C(=O)NC2CCCCC2)S(=O)(=O)c2ccc(F)cc2)cc1. The Morgan fingerprint density at radius 3 is 2.19 bits per heavy atom. The molecule has 1 N–H and O–H groups in total. The number of hydrogen-bond donors (Lipinski definition) is 1. The van der Waals surface area contributed by atoms with Gasteiger partial charge in [-0.15, -0.1) is 0 Å². The Bertz CT molecular complexity index is 1440. The van der Waals surface area contributed by atoms with E-state index in [1.165, 1.54) is 17.0 Å². The molecule has 230 valence electrons. The van der Waals surface area contributed by atoms with Gasteiger partial charge in [-0.3, -0.25) is 13.9 Å². The fourth-order valence-corrected chi connectivity index (χ4v) is 6.80. The van der Waals surface area contributed by atoms with Crippen LogP contribution < -0.4 is 14.4 Å². The van der Waals surface area contributed by atoms with Crippen molar-refractivity contribution < 1.29 is 27.1 Å². The van der Waals surface area contributed by atoms with E-state index in [-0.39, 0.29) is 29.1 Å². The average Bonchev–Trinajstić information content (AvgIpc) is 3.01. The van der Waals surface area contributed by atoms with Gasteiger partial charge in [0, 0.05) is 12.6 Å². The smallest absolute Gasteiger partial charge is 0.264 e. The molecule has 0 radical (unpaired) electrons. The minimum absolute atomic E-state index is 0.0585. The zero-order valence-electron chi connectivity index (χ0n) is 24.7. The van der Waals surface area contributed by atoms with Crippen LogP contribution in [0.25, 0.3) is 0 Å². The number of rotatable bonds is 13. The van der Waals surface area contributed by atoms with Gasteiger partial charge in [-0.25, -0.2) is 12.8 Å². The van der Waals surface area contributed by atoms with Crippen LogP contribution in [0.15, 0.2) is 83.8 Å². The quantitative estimate of drug-likeness (QED) is 0.269. The largest absolute Gasteiger partial charge is 0.494 e. The zero-order chi connectivity index (χ0) is 30.8.